The van der Waals surface area contributed by atoms with Crippen molar-refractivity contribution in [2.24, 2.45) is 11.1 Å². The number of hydrogen-bond donors (Lipinski definition) is 1. The topological polar surface area (TPSA) is 70.8 Å². The van der Waals surface area contributed by atoms with Crippen LogP contribution >= 0.6 is 0 Å². The Balaban J connectivity index is 1.81. The van der Waals surface area contributed by atoms with Crippen LogP contribution in [-0.2, 0) is 19.0 Å². The van der Waals surface area contributed by atoms with Crippen LogP contribution in [0.25, 0.3) is 0 Å². The van der Waals surface area contributed by atoms with Crippen molar-refractivity contribution in [1.82, 2.24) is 0 Å². The van der Waals surface area contributed by atoms with E-state index in [2.05, 4.69) is 4.74 Å². The first kappa shape index (κ1) is 13.8. The molecule has 0 aromatic heterocycles. The molecule has 0 radical (unpaired) electrons. The number of esters is 1. The average Bonchev–Trinajstić information content (AvgIpc) is 2.45. The summed E-state index contributed by atoms with van der Waals surface area (Å²) in [4.78, 5) is 11.3. The van der Waals surface area contributed by atoms with E-state index in [0.29, 0.717) is 12.7 Å². The quantitative estimate of drug-likeness (QED) is 0.739. The molecule has 2 unspecified atom stereocenters. The molecule has 3 aliphatic rings. The summed E-state index contributed by atoms with van der Waals surface area (Å²) in [5, 5.41) is 0. The van der Waals surface area contributed by atoms with E-state index in [1.807, 2.05) is 6.92 Å². The van der Waals surface area contributed by atoms with Gasteiger partial charge in [0.25, 0.3) is 0 Å². The molecule has 0 amide bonds. The second-order valence-corrected chi connectivity index (χ2v) is 5.58. The summed E-state index contributed by atoms with van der Waals surface area (Å²) >= 11 is 0. The number of carbonyl (C=O) groups excluding carboxylic acids is 1. The summed E-state index contributed by atoms with van der Waals surface area (Å²) in [5.41, 5.74) is 5.89. The highest BCUT2D eigenvalue weighted by atomic mass is 16.5. The SMILES string of the molecule is COC(=O)C(N)C(C)OCC12CCC(CC1)OC2. The molecule has 0 aromatic rings. The molecule has 1 saturated carbocycles. The Morgan fingerprint density at radius 1 is 1.50 bits per heavy atom. The van der Waals surface area contributed by atoms with Gasteiger partial charge in [0.1, 0.15) is 6.04 Å². The highest BCUT2D eigenvalue weighted by Gasteiger charge is 2.42. The van der Waals surface area contributed by atoms with Crippen molar-refractivity contribution in [3.63, 3.8) is 0 Å². The van der Waals surface area contributed by atoms with Gasteiger partial charge in [-0.3, -0.25) is 4.79 Å². The summed E-state index contributed by atoms with van der Waals surface area (Å²) in [6.07, 6.45) is 4.69. The van der Waals surface area contributed by atoms with E-state index in [1.165, 1.54) is 7.11 Å². The first-order valence-electron chi connectivity index (χ1n) is 6.63. The predicted molar refractivity (Wildman–Crippen MR) is 66.0 cm³/mol. The molecule has 2 aliphatic heterocycles. The molecule has 2 atom stereocenters. The van der Waals surface area contributed by atoms with Gasteiger partial charge in [0, 0.05) is 5.41 Å². The lowest BCUT2D eigenvalue weighted by atomic mass is 9.72. The van der Waals surface area contributed by atoms with Gasteiger partial charge in [0.15, 0.2) is 0 Å². The van der Waals surface area contributed by atoms with Gasteiger partial charge >= 0.3 is 5.97 Å². The Hall–Kier alpha value is -0.650. The minimum Gasteiger partial charge on any atom is -0.468 e. The molecule has 104 valence electrons. The number of ether oxygens (including phenoxy) is 3. The van der Waals surface area contributed by atoms with E-state index in [1.54, 1.807) is 0 Å². The van der Waals surface area contributed by atoms with Gasteiger partial charge < -0.3 is 19.9 Å². The van der Waals surface area contributed by atoms with Crippen LogP contribution in [0.5, 0.6) is 0 Å². The van der Waals surface area contributed by atoms with Crippen LogP contribution in [0.2, 0.25) is 0 Å². The average molecular weight is 257 g/mol. The van der Waals surface area contributed by atoms with Gasteiger partial charge in [0.05, 0.1) is 32.5 Å². The molecule has 2 bridgehead atoms. The maximum atomic E-state index is 11.3. The minimum atomic E-state index is -0.716. The fraction of sp³-hybridized carbons (Fsp3) is 0.923. The largest absolute Gasteiger partial charge is 0.468 e. The van der Waals surface area contributed by atoms with Gasteiger partial charge in [-0.2, -0.15) is 0 Å². The van der Waals surface area contributed by atoms with Crippen molar-refractivity contribution in [2.45, 2.75) is 50.9 Å². The van der Waals surface area contributed by atoms with Crippen LogP contribution in [-0.4, -0.2) is 44.5 Å². The number of fused-ring (bicyclic) bond motifs is 3. The number of methoxy groups -OCH3 is 1. The van der Waals surface area contributed by atoms with Crippen molar-refractivity contribution in [3.05, 3.63) is 0 Å². The Morgan fingerprint density at radius 2 is 2.17 bits per heavy atom. The van der Waals surface area contributed by atoms with Crippen molar-refractivity contribution in [2.75, 3.05) is 20.3 Å². The standard InChI is InChI=1S/C13H23NO4/c1-9(11(14)12(15)16-2)17-7-13-5-3-10(4-6-13)18-8-13/h9-11H,3-8,14H2,1-2H3. The molecule has 5 nitrogen and oxygen atoms in total. The zero-order valence-corrected chi connectivity index (χ0v) is 11.2. The van der Waals surface area contributed by atoms with Crippen molar-refractivity contribution < 1.29 is 19.0 Å². The molecule has 2 saturated heterocycles. The van der Waals surface area contributed by atoms with Gasteiger partial charge in [-0.15, -0.1) is 0 Å². The molecular weight excluding hydrogens is 234 g/mol. The van der Waals surface area contributed by atoms with E-state index in [0.717, 1.165) is 32.3 Å². The van der Waals surface area contributed by atoms with Gasteiger partial charge in [-0.25, -0.2) is 0 Å². The fourth-order valence-electron chi connectivity index (χ4n) is 2.73. The van der Waals surface area contributed by atoms with Gasteiger partial charge in [0.2, 0.25) is 0 Å². The molecule has 3 fully saturated rings. The van der Waals surface area contributed by atoms with Gasteiger partial charge in [-0.1, -0.05) is 0 Å². The van der Waals surface area contributed by atoms with E-state index in [4.69, 9.17) is 15.2 Å². The summed E-state index contributed by atoms with van der Waals surface area (Å²) in [6.45, 7) is 3.21. The van der Waals surface area contributed by atoms with Crippen LogP contribution in [0.1, 0.15) is 32.6 Å². The van der Waals surface area contributed by atoms with Crippen LogP contribution < -0.4 is 5.73 Å². The third-order valence-corrected chi connectivity index (χ3v) is 4.25. The first-order chi connectivity index (χ1) is 8.56. The summed E-state index contributed by atoms with van der Waals surface area (Å²) in [6, 6.07) is -0.716. The Morgan fingerprint density at radius 3 is 2.67 bits per heavy atom. The molecule has 1 aliphatic carbocycles. The number of rotatable bonds is 5. The summed E-state index contributed by atoms with van der Waals surface area (Å²) in [5.74, 6) is -0.427. The lowest BCUT2D eigenvalue weighted by molar-refractivity contribution is -0.158. The van der Waals surface area contributed by atoms with Gasteiger partial charge in [-0.05, 0) is 32.6 Å². The molecule has 2 N–H and O–H groups in total. The number of carbonyl (C=O) groups is 1. The van der Waals surface area contributed by atoms with Crippen LogP contribution in [0, 0.1) is 5.41 Å². The number of nitrogens with two attached hydrogens (primary N) is 1. The van der Waals surface area contributed by atoms with E-state index in [9.17, 15) is 4.79 Å². The Bertz CT molecular complexity index is 286. The Kier molecular flexibility index (Phi) is 4.25. The smallest absolute Gasteiger partial charge is 0.325 e. The molecule has 2 heterocycles. The molecule has 5 heteroatoms. The van der Waals surface area contributed by atoms with Crippen LogP contribution in [0.15, 0.2) is 0 Å². The lowest BCUT2D eigenvalue weighted by Gasteiger charge is -2.46. The molecule has 0 spiro atoms. The molecule has 18 heavy (non-hydrogen) atoms. The second-order valence-electron chi connectivity index (χ2n) is 5.58. The monoisotopic (exact) mass is 257 g/mol. The fourth-order valence-corrected chi connectivity index (χ4v) is 2.73. The second kappa shape index (κ2) is 5.55. The highest BCUT2D eigenvalue weighted by molar-refractivity contribution is 5.75. The predicted octanol–water partition coefficient (Wildman–Crippen LogP) is 0.851. The van der Waals surface area contributed by atoms with Crippen LogP contribution in [0.3, 0.4) is 0 Å². The maximum Gasteiger partial charge on any atom is 0.325 e. The Labute approximate surface area is 108 Å². The van der Waals surface area contributed by atoms with Crippen molar-refractivity contribution in [3.8, 4) is 0 Å². The summed E-state index contributed by atoms with van der Waals surface area (Å²) < 4.78 is 16.1. The first-order valence-corrected chi connectivity index (χ1v) is 6.63. The zero-order chi connectivity index (χ0) is 13.2. The number of hydrogen-bond acceptors (Lipinski definition) is 5. The lowest BCUT2D eigenvalue weighted by Crippen LogP contribution is -2.48. The molecular formula is C13H23NO4. The van der Waals surface area contributed by atoms with E-state index >= 15 is 0 Å². The molecule has 0 aromatic carbocycles. The van der Waals surface area contributed by atoms with Crippen molar-refractivity contribution >= 4 is 5.97 Å². The third-order valence-electron chi connectivity index (χ3n) is 4.25. The maximum absolute atomic E-state index is 11.3. The summed E-state index contributed by atoms with van der Waals surface area (Å²) in [7, 11) is 1.34. The molecule has 3 rings (SSSR count). The normalized spacial score (nSPS) is 34.1. The van der Waals surface area contributed by atoms with Crippen molar-refractivity contribution in [1.29, 1.82) is 0 Å². The third kappa shape index (κ3) is 2.84. The highest BCUT2D eigenvalue weighted by Crippen LogP contribution is 2.43. The van der Waals surface area contributed by atoms with E-state index < -0.39 is 12.0 Å². The minimum absolute atomic E-state index is 0.138. The van der Waals surface area contributed by atoms with Crippen LogP contribution in [0.4, 0.5) is 0 Å². The van der Waals surface area contributed by atoms with E-state index in [-0.39, 0.29) is 11.5 Å². The zero-order valence-electron chi connectivity index (χ0n) is 11.2.